The molecule has 0 aliphatic carbocycles. The van der Waals surface area contributed by atoms with Crippen molar-refractivity contribution in [1.29, 1.82) is 0 Å². The first kappa shape index (κ1) is 64.0. The van der Waals surface area contributed by atoms with E-state index in [0.717, 1.165) is 109 Å². The topological polar surface area (TPSA) is 78.9 Å². The van der Waals surface area contributed by atoms with Gasteiger partial charge in [0.05, 0.1) is 0 Å². The normalized spacial score (nSPS) is 13.4. The lowest BCUT2D eigenvalue weighted by molar-refractivity contribution is -0.166. The molecule has 0 spiro atoms. The minimum Gasteiger partial charge on any atom is -0.462 e. The SMILES string of the molecule is CC/C=C\C/C=C\C/C=C\C/C=C\C/C=C\CCCCCCCCCCCC(=O)OCC(COC(=O)CC/C=C\C/C=C\C/C=C\C/C=C\CC)OC(=O)CC/C=C\C/C=C\C/C=C\C/C=C\CC. The van der Waals surface area contributed by atoms with Crippen molar-refractivity contribution in [1.82, 2.24) is 0 Å². The van der Waals surface area contributed by atoms with Crippen molar-refractivity contribution < 1.29 is 28.6 Å². The van der Waals surface area contributed by atoms with E-state index in [2.05, 4.69) is 154 Å². The molecule has 384 valence electrons. The Morgan fingerprint density at radius 3 is 0.899 bits per heavy atom. The van der Waals surface area contributed by atoms with E-state index in [9.17, 15) is 14.4 Å². The Balaban J connectivity index is 4.45. The van der Waals surface area contributed by atoms with Gasteiger partial charge in [-0.3, -0.25) is 14.4 Å². The van der Waals surface area contributed by atoms with Gasteiger partial charge in [-0.05, 0) is 116 Å². The third-order valence-corrected chi connectivity index (χ3v) is 10.5. The smallest absolute Gasteiger partial charge is 0.306 e. The molecule has 0 aliphatic heterocycles. The van der Waals surface area contributed by atoms with Crippen molar-refractivity contribution in [2.75, 3.05) is 13.2 Å². The van der Waals surface area contributed by atoms with E-state index in [0.29, 0.717) is 19.3 Å². The maximum Gasteiger partial charge on any atom is 0.306 e. The number of esters is 3. The Bertz CT molecular complexity index is 1610. The fourth-order valence-corrected chi connectivity index (χ4v) is 6.61. The van der Waals surface area contributed by atoms with Gasteiger partial charge in [0.25, 0.3) is 0 Å². The largest absolute Gasteiger partial charge is 0.462 e. The Morgan fingerprint density at radius 2 is 0.551 bits per heavy atom. The first-order valence-electron chi connectivity index (χ1n) is 27.0. The molecule has 0 aromatic heterocycles. The highest BCUT2D eigenvalue weighted by molar-refractivity contribution is 5.71. The highest BCUT2D eigenvalue weighted by atomic mass is 16.6. The van der Waals surface area contributed by atoms with E-state index >= 15 is 0 Å². The predicted molar refractivity (Wildman–Crippen MR) is 297 cm³/mol. The van der Waals surface area contributed by atoms with Crippen LogP contribution in [0.2, 0.25) is 0 Å². The second-order valence-electron chi connectivity index (χ2n) is 17.0. The lowest BCUT2D eigenvalue weighted by Gasteiger charge is -2.18. The summed E-state index contributed by atoms with van der Waals surface area (Å²) in [6.07, 6.45) is 81.2. The summed E-state index contributed by atoms with van der Waals surface area (Å²) >= 11 is 0. The van der Waals surface area contributed by atoms with Gasteiger partial charge in [-0.1, -0.05) is 224 Å². The van der Waals surface area contributed by atoms with Crippen molar-refractivity contribution in [3.63, 3.8) is 0 Å². The van der Waals surface area contributed by atoms with Crippen LogP contribution in [0.3, 0.4) is 0 Å². The summed E-state index contributed by atoms with van der Waals surface area (Å²) in [5.74, 6) is -1.13. The number of unbranched alkanes of at least 4 members (excludes halogenated alkanes) is 9. The van der Waals surface area contributed by atoms with Gasteiger partial charge < -0.3 is 14.2 Å². The summed E-state index contributed by atoms with van der Waals surface area (Å²) in [6.45, 7) is 6.13. The van der Waals surface area contributed by atoms with Gasteiger partial charge in [0.15, 0.2) is 6.10 Å². The van der Waals surface area contributed by atoms with Gasteiger partial charge in [0, 0.05) is 19.3 Å². The second-order valence-corrected chi connectivity index (χ2v) is 17.0. The molecule has 0 fully saturated rings. The molecule has 6 nitrogen and oxygen atoms in total. The van der Waals surface area contributed by atoms with E-state index in [1.54, 1.807) is 0 Å². The molecule has 0 aromatic carbocycles. The Labute approximate surface area is 422 Å². The van der Waals surface area contributed by atoms with Gasteiger partial charge in [-0.15, -0.1) is 0 Å². The Kier molecular flexibility index (Phi) is 51.6. The lowest BCUT2D eigenvalue weighted by Crippen LogP contribution is -2.30. The predicted octanol–water partition coefficient (Wildman–Crippen LogP) is 18.2. The number of carbonyl (C=O) groups is 3. The zero-order chi connectivity index (χ0) is 50.0. The number of rotatable bonds is 46. The average molecular weight is 949 g/mol. The van der Waals surface area contributed by atoms with Crippen LogP contribution < -0.4 is 0 Å². The summed E-state index contributed by atoms with van der Waals surface area (Å²) in [6, 6.07) is 0. The third kappa shape index (κ3) is 53.8. The van der Waals surface area contributed by atoms with Crippen LogP contribution in [0.1, 0.15) is 201 Å². The van der Waals surface area contributed by atoms with Gasteiger partial charge in [-0.2, -0.15) is 0 Å². The van der Waals surface area contributed by atoms with Crippen molar-refractivity contribution in [2.45, 2.75) is 207 Å². The zero-order valence-electron chi connectivity index (χ0n) is 43.8. The van der Waals surface area contributed by atoms with Crippen LogP contribution in [-0.4, -0.2) is 37.2 Å². The average Bonchev–Trinajstić information content (AvgIpc) is 3.35. The highest BCUT2D eigenvalue weighted by Gasteiger charge is 2.19. The van der Waals surface area contributed by atoms with Crippen LogP contribution in [0.5, 0.6) is 0 Å². The Morgan fingerprint density at radius 1 is 0.290 bits per heavy atom. The van der Waals surface area contributed by atoms with Crippen LogP contribution in [0.4, 0.5) is 0 Å². The summed E-state index contributed by atoms with van der Waals surface area (Å²) in [7, 11) is 0. The summed E-state index contributed by atoms with van der Waals surface area (Å²) < 4.78 is 16.6. The standard InChI is InChI=1S/C63H96O6/c1-4-7-10-13-16-19-22-25-26-27-28-29-30-31-32-33-34-35-36-39-41-44-47-50-53-56-62(65)68-59-60(69-63(66)57-54-51-48-45-42-38-24-21-18-15-12-9-6-3)58-67-61(64)55-52-49-46-43-40-37-23-20-17-14-11-8-5-2/h7-12,16-21,25-26,28-29,31-32,37-38,40,42,46,48-49,51,60H,4-6,13-15,22-24,27,30,33-36,39,41,43-45,47,50,52-59H2,1-3H3/b10-7-,11-8-,12-9-,19-16-,20-17-,21-18-,26-25-,29-28-,32-31-,40-37-,42-38-,49-46-,51-48-. The fraction of sp³-hybridized carbons (Fsp3) is 0.540. The monoisotopic (exact) mass is 949 g/mol. The van der Waals surface area contributed by atoms with E-state index < -0.39 is 12.1 Å². The zero-order valence-corrected chi connectivity index (χ0v) is 43.8. The molecule has 0 amide bonds. The van der Waals surface area contributed by atoms with Gasteiger partial charge >= 0.3 is 17.9 Å². The number of allylic oxidation sites excluding steroid dienone is 26. The van der Waals surface area contributed by atoms with Gasteiger partial charge in [0.2, 0.25) is 0 Å². The van der Waals surface area contributed by atoms with E-state index in [1.807, 2.05) is 24.3 Å². The molecule has 1 unspecified atom stereocenters. The van der Waals surface area contributed by atoms with Crippen molar-refractivity contribution in [3.05, 3.63) is 158 Å². The third-order valence-electron chi connectivity index (χ3n) is 10.5. The molecule has 1 atom stereocenters. The fourth-order valence-electron chi connectivity index (χ4n) is 6.61. The minimum absolute atomic E-state index is 0.139. The number of carbonyl (C=O) groups excluding carboxylic acids is 3. The van der Waals surface area contributed by atoms with Gasteiger partial charge in [-0.25, -0.2) is 0 Å². The van der Waals surface area contributed by atoms with Crippen molar-refractivity contribution in [3.8, 4) is 0 Å². The molecular weight excluding hydrogens is 853 g/mol. The van der Waals surface area contributed by atoms with Crippen LogP contribution in [0.25, 0.3) is 0 Å². The minimum atomic E-state index is -0.854. The molecule has 0 saturated carbocycles. The van der Waals surface area contributed by atoms with Crippen LogP contribution >= 0.6 is 0 Å². The molecule has 0 bridgehead atoms. The molecule has 0 aromatic rings. The van der Waals surface area contributed by atoms with Crippen molar-refractivity contribution >= 4 is 17.9 Å². The quantitative estimate of drug-likeness (QED) is 0.0262. The second kappa shape index (κ2) is 55.6. The van der Waals surface area contributed by atoms with Crippen molar-refractivity contribution in [2.24, 2.45) is 0 Å². The molecule has 6 heteroatoms. The molecule has 0 rings (SSSR count). The molecule has 0 heterocycles. The lowest BCUT2D eigenvalue weighted by atomic mass is 10.1. The molecule has 0 aliphatic rings. The number of hydrogen-bond donors (Lipinski definition) is 0. The molecule has 0 radical (unpaired) electrons. The molecular formula is C63H96O6. The first-order chi connectivity index (χ1) is 34.0. The summed E-state index contributed by atoms with van der Waals surface area (Å²) in [5.41, 5.74) is 0. The van der Waals surface area contributed by atoms with Crippen LogP contribution in [0.15, 0.2) is 158 Å². The number of hydrogen-bond acceptors (Lipinski definition) is 6. The molecule has 0 saturated heterocycles. The number of ether oxygens (including phenoxy) is 3. The molecule has 69 heavy (non-hydrogen) atoms. The summed E-state index contributed by atoms with van der Waals surface area (Å²) in [4.78, 5) is 37.9. The van der Waals surface area contributed by atoms with E-state index in [4.69, 9.17) is 14.2 Å². The van der Waals surface area contributed by atoms with E-state index in [-0.39, 0.29) is 38.0 Å². The van der Waals surface area contributed by atoms with Gasteiger partial charge in [0.1, 0.15) is 13.2 Å². The maximum atomic E-state index is 12.8. The highest BCUT2D eigenvalue weighted by Crippen LogP contribution is 2.13. The van der Waals surface area contributed by atoms with Crippen LogP contribution in [0, 0.1) is 0 Å². The van der Waals surface area contributed by atoms with Crippen LogP contribution in [-0.2, 0) is 28.6 Å². The maximum absolute atomic E-state index is 12.8. The van der Waals surface area contributed by atoms with E-state index in [1.165, 1.54) is 38.5 Å². The summed E-state index contributed by atoms with van der Waals surface area (Å²) in [5, 5.41) is 0. The first-order valence-corrected chi connectivity index (χ1v) is 27.0. The Hall–Kier alpha value is -4.97. The molecule has 0 N–H and O–H groups in total.